The molecule has 3 N–H and O–H groups in total. The number of carbonyl (C=O) groups is 1. The predicted molar refractivity (Wildman–Crippen MR) is 89.9 cm³/mol. The van der Waals surface area contributed by atoms with E-state index in [9.17, 15) is 9.59 Å². The second-order valence-corrected chi connectivity index (χ2v) is 6.09. The molecule has 2 aromatic rings. The maximum atomic E-state index is 12.0. The number of aryl methyl sites for hydroxylation is 1. The Morgan fingerprint density at radius 2 is 2.09 bits per heavy atom. The molecule has 0 aliphatic carbocycles. The minimum absolute atomic E-state index is 0.128. The highest BCUT2D eigenvalue weighted by molar-refractivity contribution is 7.99. The number of nitrogens with zero attached hydrogens (tertiary/aromatic N) is 1. The van der Waals surface area contributed by atoms with Crippen LogP contribution in [0, 0.1) is 6.92 Å². The van der Waals surface area contributed by atoms with Crippen LogP contribution in [0.25, 0.3) is 0 Å². The quantitative estimate of drug-likeness (QED) is 0.660. The van der Waals surface area contributed by atoms with E-state index in [2.05, 4.69) is 15.3 Å². The summed E-state index contributed by atoms with van der Waals surface area (Å²) in [7, 11) is 0. The molecule has 1 aromatic heterocycles. The van der Waals surface area contributed by atoms with Crippen molar-refractivity contribution in [1.82, 2.24) is 15.3 Å². The molecule has 0 fully saturated rings. The lowest BCUT2D eigenvalue weighted by Gasteiger charge is -2.06. The Bertz CT molecular complexity index is 713. The molecule has 0 bridgehead atoms. The zero-order chi connectivity index (χ0) is 16.7. The second-order valence-electron chi connectivity index (χ2n) is 4.92. The van der Waals surface area contributed by atoms with Crippen molar-refractivity contribution in [3.05, 3.63) is 57.8 Å². The summed E-state index contributed by atoms with van der Waals surface area (Å²) in [6.07, 6.45) is 0.501. The van der Waals surface area contributed by atoms with Crippen molar-refractivity contribution >= 4 is 17.7 Å². The Labute approximate surface area is 138 Å². The molecule has 1 amide bonds. The molecule has 2 rings (SSSR count). The number of carbonyl (C=O) groups excluding carboxylic acids is 1. The summed E-state index contributed by atoms with van der Waals surface area (Å²) in [4.78, 5) is 31.2. The SMILES string of the molecule is Cc1nc(CCNC(=O)c2ccc(SCCO)cc2)cc(=O)[nH]1. The molecule has 7 heteroatoms. The molecular weight excluding hydrogens is 314 g/mol. The lowest BCUT2D eigenvalue weighted by molar-refractivity contribution is 0.0954. The monoisotopic (exact) mass is 333 g/mol. The summed E-state index contributed by atoms with van der Waals surface area (Å²) in [5.74, 6) is 1.04. The molecule has 0 aliphatic heterocycles. The normalized spacial score (nSPS) is 10.5. The molecule has 0 saturated carbocycles. The first-order valence-electron chi connectivity index (χ1n) is 7.27. The summed E-state index contributed by atoms with van der Waals surface area (Å²) in [6, 6.07) is 8.66. The van der Waals surface area contributed by atoms with Crippen molar-refractivity contribution in [2.45, 2.75) is 18.2 Å². The predicted octanol–water partition coefficient (Wildman–Crippen LogP) is 1.14. The fourth-order valence-electron chi connectivity index (χ4n) is 2.04. The van der Waals surface area contributed by atoms with Crippen LogP contribution in [0.5, 0.6) is 0 Å². The average Bonchev–Trinajstić information content (AvgIpc) is 2.52. The molecule has 0 atom stereocenters. The van der Waals surface area contributed by atoms with E-state index in [4.69, 9.17) is 5.11 Å². The highest BCUT2D eigenvalue weighted by Crippen LogP contribution is 2.17. The van der Waals surface area contributed by atoms with Gasteiger partial charge in [0.15, 0.2) is 0 Å². The minimum Gasteiger partial charge on any atom is -0.396 e. The summed E-state index contributed by atoms with van der Waals surface area (Å²) in [6.45, 7) is 2.26. The number of aliphatic hydroxyl groups is 1. The van der Waals surface area contributed by atoms with E-state index in [1.807, 2.05) is 12.1 Å². The van der Waals surface area contributed by atoms with Crippen LogP contribution in [0.15, 0.2) is 40.0 Å². The zero-order valence-corrected chi connectivity index (χ0v) is 13.7. The average molecular weight is 333 g/mol. The third kappa shape index (κ3) is 5.54. The summed E-state index contributed by atoms with van der Waals surface area (Å²) in [5, 5.41) is 11.6. The van der Waals surface area contributed by atoms with E-state index in [1.165, 1.54) is 17.8 Å². The highest BCUT2D eigenvalue weighted by Gasteiger charge is 2.06. The largest absolute Gasteiger partial charge is 0.396 e. The minimum atomic E-state index is -0.185. The number of rotatable bonds is 7. The van der Waals surface area contributed by atoms with Crippen LogP contribution < -0.4 is 10.9 Å². The third-order valence-corrected chi connectivity index (χ3v) is 4.05. The molecule has 1 heterocycles. The number of hydrogen-bond donors (Lipinski definition) is 3. The van der Waals surface area contributed by atoms with Crippen LogP contribution in [-0.2, 0) is 6.42 Å². The van der Waals surface area contributed by atoms with E-state index >= 15 is 0 Å². The lowest BCUT2D eigenvalue weighted by atomic mass is 10.2. The highest BCUT2D eigenvalue weighted by atomic mass is 32.2. The molecule has 6 nitrogen and oxygen atoms in total. The molecule has 1 aromatic carbocycles. The van der Waals surface area contributed by atoms with Gasteiger partial charge in [0.2, 0.25) is 0 Å². The Morgan fingerprint density at radius 1 is 1.35 bits per heavy atom. The van der Waals surface area contributed by atoms with Gasteiger partial charge in [0.05, 0.1) is 6.61 Å². The first-order chi connectivity index (χ1) is 11.1. The van der Waals surface area contributed by atoms with Gasteiger partial charge in [-0.3, -0.25) is 9.59 Å². The van der Waals surface area contributed by atoms with E-state index in [-0.39, 0.29) is 18.1 Å². The number of hydrogen-bond acceptors (Lipinski definition) is 5. The van der Waals surface area contributed by atoms with Crippen LogP contribution in [0.3, 0.4) is 0 Å². The van der Waals surface area contributed by atoms with Gasteiger partial charge in [-0.05, 0) is 31.2 Å². The summed E-state index contributed by atoms with van der Waals surface area (Å²) < 4.78 is 0. The van der Waals surface area contributed by atoms with Gasteiger partial charge in [0, 0.05) is 40.9 Å². The molecule has 0 unspecified atom stereocenters. The molecule has 0 radical (unpaired) electrons. The summed E-state index contributed by atoms with van der Waals surface area (Å²) in [5.41, 5.74) is 1.05. The van der Waals surface area contributed by atoms with Crippen LogP contribution in [0.2, 0.25) is 0 Å². The van der Waals surface area contributed by atoms with Crippen LogP contribution in [0.4, 0.5) is 0 Å². The van der Waals surface area contributed by atoms with Gasteiger partial charge in [0.25, 0.3) is 11.5 Å². The Hall–Kier alpha value is -2.12. The number of aromatic nitrogens is 2. The molecule has 0 spiro atoms. The molecule has 23 heavy (non-hydrogen) atoms. The maximum absolute atomic E-state index is 12.0. The van der Waals surface area contributed by atoms with Crippen LogP contribution in [0.1, 0.15) is 21.9 Å². The van der Waals surface area contributed by atoms with Gasteiger partial charge in [-0.25, -0.2) is 4.98 Å². The van der Waals surface area contributed by atoms with Gasteiger partial charge in [-0.2, -0.15) is 0 Å². The molecular formula is C16H19N3O3S. The van der Waals surface area contributed by atoms with E-state index in [1.54, 1.807) is 19.1 Å². The maximum Gasteiger partial charge on any atom is 0.251 e. The molecule has 0 saturated heterocycles. The van der Waals surface area contributed by atoms with Gasteiger partial charge >= 0.3 is 0 Å². The van der Waals surface area contributed by atoms with E-state index in [0.717, 1.165) is 4.90 Å². The lowest BCUT2D eigenvalue weighted by Crippen LogP contribution is -2.26. The number of aliphatic hydroxyl groups excluding tert-OH is 1. The fourth-order valence-corrected chi connectivity index (χ4v) is 2.70. The molecule has 0 aliphatic rings. The number of nitrogens with one attached hydrogen (secondary N) is 2. The van der Waals surface area contributed by atoms with E-state index < -0.39 is 0 Å². The Balaban J connectivity index is 1.85. The van der Waals surface area contributed by atoms with Crippen molar-refractivity contribution < 1.29 is 9.90 Å². The topological polar surface area (TPSA) is 95.1 Å². The number of H-pyrrole nitrogens is 1. The number of amides is 1. The van der Waals surface area contributed by atoms with E-state index in [0.29, 0.717) is 35.8 Å². The standard InChI is InChI=1S/C16H19N3O3S/c1-11-18-13(10-15(21)19-11)6-7-17-16(22)12-2-4-14(5-3-12)23-9-8-20/h2-5,10,20H,6-9H2,1H3,(H,17,22)(H,18,19,21). The third-order valence-electron chi connectivity index (χ3n) is 3.06. The van der Waals surface area contributed by atoms with Gasteiger partial charge < -0.3 is 15.4 Å². The van der Waals surface area contributed by atoms with Crippen LogP contribution in [-0.4, -0.2) is 39.9 Å². The fraction of sp³-hybridized carbons (Fsp3) is 0.312. The summed E-state index contributed by atoms with van der Waals surface area (Å²) >= 11 is 1.54. The van der Waals surface area contributed by atoms with Crippen molar-refractivity contribution in [1.29, 1.82) is 0 Å². The van der Waals surface area contributed by atoms with Crippen molar-refractivity contribution in [2.24, 2.45) is 0 Å². The number of benzene rings is 1. The number of aromatic amines is 1. The van der Waals surface area contributed by atoms with Gasteiger partial charge in [0.1, 0.15) is 5.82 Å². The van der Waals surface area contributed by atoms with Crippen molar-refractivity contribution in [3.63, 3.8) is 0 Å². The van der Waals surface area contributed by atoms with Crippen LogP contribution >= 0.6 is 11.8 Å². The zero-order valence-electron chi connectivity index (χ0n) is 12.8. The molecule has 122 valence electrons. The smallest absolute Gasteiger partial charge is 0.251 e. The van der Waals surface area contributed by atoms with Gasteiger partial charge in [-0.15, -0.1) is 11.8 Å². The number of thioether (sulfide) groups is 1. The second kappa shape index (κ2) is 8.50. The van der Waals surface area contributed by atoms with Gasteiger partial charge in [-0.1, -0.05) is 0 Å². The van der Waals surface area contributed by atoms with Crippen molar-refractivity contribution in [2.75, 3.05) is 18.9 Å². The first kappa shape index (κ1) is 17.2. The van der Waals surface area contributed by atoms with Crippen molar-refractivity contribution in [3.8, 4) is 0 Å². The Morgan fingerprint density at radius 3 is 2.74 bits per heavy atom. The first-order valence-corrected chi connectivity index (χ1v) is 8.26. The Kier molecular flexibility index (Phi) is 6.37.